The Labute approximate surface area is 138 Å². The van der Waals surface area contributed by atoms with E-state index in [1.165, 1.54) is 43.4 Å². The standard InChI is InChI=1S/C16H29N5O2/c1-17-15(18-9-5-8-13-6-3-2-4-7-13)19-10-11-21-14(22)12-20-16(21)23/h13H,2-12H2,1H3,(H,20,23)(H2,17,18,19). The minimum absolute atomic E-state index is 0.104. The van der Waals surface area contributed by atoms with E-state index in [0.717, 1.165) is 24.8 Å². The molecule has 0 aromatic carbocycles. The molecule has 23 heavy (non-hydrogen) atoms. The molecule has 130 valence electrons. The Bertz CT molecular complexity index is 416. The maximum Gasteiger partial charge on any atom is 0.324 e. The number of carbonyl (C=O) groups is 2. The Hall–Kier alpha value is -1.79. The normalized spacial score (nSPS) is 19.9. The molecule has 1 saturated heterocycles. The molecule has 7 nitrogen and oxygen atoms in total. The van der Waals surface area contributed by atoms with E-state index < -0.39 is 0 Å². The van der Waals surface area contributed by atoms with Crippen molar-refractivity contribution in [1.29, 1.82) is 0 Å². The van der Waals surface area contributed by atoms with Crippen LogP contribution in [0.5, 0.6) is 0 Å². The van der Waals surface area contributed by atoms with Crippen LogP contribution in [0.25, 0.3) is 0 Å². The predicted molar refractivity (Wildman–Crippen MR) is 90.3 cm³/mol. The molecule has 0 bridgehead atoms. The van der Waals surface area contributed by atoms with Gasteiger partial charge in [0.05, 0.1) is 6.54 Å². The number of amides is 3. The summed E-state index contributed by atoms with van der Waals surface area (Å²) >= 11 is 0. The maximum atomic E-state index is 11.5. The number of aliphatic imine (C=N–C) groups is 1. The van der Waals surface area contributed by atoms with Gasteiger partial charge in [-0.2, -0.15) is 0 Å². The minimum Gasteiger partial charge on any atom is -0.356 e. The Kier molecular flexibility index (Phi) is 7.16. The van der Waals surface area contributed by atoms with Gasteiger partial charge in [-0.25, -0.2) is 4.79 Å². The summed E-state index contributed by atoms with van der Waals surface area (Å²) in [5, 5.41) is 8.94. The summed E-state index contributed by atoms with van der Waals surface area (Å²) in [5.74, 6) is 1.45. The van der Waals surface area contributed by atoms with Crippen LogP contribution in [0.2, 0.25) is 0 Å². The minimum atomic E-state index is -0.313. The molecule has 7 heteroatoms. The molecule has 1 aliphatic carbocycles. The number of carbonyl (C=O) groups excluding carboxylic acids is 2. The monoisotopic (exact) mass is 323 g/mol. The molecule has 2 rings (SSSR count). The summed E-state index contributed by atoms with van der Waals surface area (Å²) < 4.78 is 0. The fourth-order valence-corrected chi connectivity index (χ4v) is 3.26. The SMILES string of the molecule is CN=C(NCCCC1CCCCC1)NCCN1C(=O)CNC1=O. The largest absolute Gasteiger partial charge is 0.356 e. The number of nitrogens with one attached hydrogen (secondary N) is 3. The first-order chi connectivity index (χ1) is 11.2. The van der Waals surface area contributed by atoms with Crippen LogP contribution in [-0.2, 0) is 4.79 Å². The maximum absolute atomic E-state index is 11.5. The molecule has 2 fully saturated rings. The van der Waals surface area contributed by atoms with Crippen molar-refractivity contribution >= 4 is 17.9 Å². The first kappa shape index (κ1) is 17.6. The highest BCUT2D eigenvalue weighted by atomic mass is 16.2. The van der Waals surface area contributed by atoms with Crippen LogP contribution in [0.15, 0.2) is 4.99 Å². The molecule has 0 spiro atoms. The lowest BCUT2D eigenvalue weighted by Crippen LogP contribution is -2.43. The van der Waals surface area contributed by atoms with Crippen molar-refractivity contribution in [2.45, 2.75) is 44.9 Å². The molecule has 3 N–H and O–H groups in total. The summed E-state index contributed by atoms with van der Waals surface area (Å²) in [4.78, 5) is 28.3. The third-order valence-electron chi connectivity index (χ3n) is 4.59. The van der Waals surface area contributed by atoms with Gasteiger partial charge in [-0.15, -0.1) is 0 Å². The first-order valence-electron chi connectivity index (χ1n) is 8.73. The third-order valence-corrected chi connectivity index (χ3v) is 4.59. The number of hydrogen-bond acceptors (Lipinski definition) is 3. The van der Waals surface area contributed by atoms with E-state index in [1.807, 2.05) is 0 Å². The highest BCUT2D eigenvalue weighted by Crippen LogP contribution is 2.26. The molecular formula is C16H29N5O2. The van der Waals surface area contributed by atoms with Crippen LogP contribution in [0.1, 0.15) is 44.9 Å². The number of hydrogen-bond donors (Lipinski definition) is 3. The Morgan fingerprint density at radius 2 is 1.96 bits per heavy atom. The van der Waals surface area contributed by atoms with E-state index in [9.17, 15) is 9.59 Å². The molecule has 1 aliphatic heterocycles. The van der Waals surface area contributed by atoms with Gasteiger partial charge in [0.15, 0.2) is 5.96 Å². The van der Waals surface area contributed by atoms with Crippen molar-refractivity contribution in [3.8, 4) is 0 Å². The van der Waals surface area contributed by atoms with Crippen LogP contribution in [0, 0.1) is 5.92 Å². The van der Waals surface area contributed by atoms with Crippen molar-refractivity contribution in [1.82, 2.24) is 20.9 Å². The zero-order valence-electron chi connectivity index (χ0n) is 14.1. The van der Waals surface area contributed by atoms with Crippen LogP contribution in [-0.4, -0.2) is 56.0 Å². The number of nitrogens with zero attached hydrogens (tertiary/aromatic N) is 2. The summed E-state index contributed by atoms with van der Waals surface area (Å²) in [6, 6.07) is -0.313. The van der Waals surface area contributed by atoms with Gasteiger partial charge in [-0.3, -0.25) is 14.7 Å². The summed E-state index contributed by atoms with van der Waals surface area (Å²) in [5.41, 5.74) is 0. The summed E-state index contributed by atoms with van der Waals surface area (Å²) in [6.45, 7) is 1.86. The molecule has 2 aliphatic rings. The van der Waals surface area contributed by atoms with Gasteiger partial charge in [0.2, 0.25) is 5.91 Å². The highest BCUT2D eigenvalue weighted by Gasteiger charge is 2.27. The Balaban J connectivity index is 1.56. The molecule has 1 heterocycles. The van der Waals surface area contributed by atoms with Gasteiger partial charge >= 0.3 is 6.03 Å². The number of rotatable bonds is 7. The second-order valence-electron chi connectivity index (χ2n) is 6.28. The van der Waals surface area contributed by atoms with Gasteiger partial charge in [-0.05, 0) is 18.8 Å². The molecule has 3 amide bonds. The first-order valence-corrected chi connectivity index (χ1v) is 8.73. The number of guanidine groups is 1. The van der Waals surface area contributed by atoms with Crippen molar-refractivity contribution in [2.75, 3.05) is 33.2 Å². The zero-order valence-corrected chi connectivity index (χ0v) is 14.1. The third kappa shape index (κ3) is 5.73. The molecule has 0 unspecified atom stereocenters. The Morgan fingerprint density at radius 1 is 1.22 bits per heavy atom. The van der Waals surface area contributed by atoms with Crippen molar-refractivity contribution in [2.24, 2.45) is 10.9 Å². The second-order valence-corrected chi connectivity index (χ2v) is 6.28. The fraction of sp³-hybridized carbons (Fsp3) is 0.812. The molecule has 0 aromatic heterocycles. The summed E-state index contributed by atoms with van der Waals surface area (Å²) in [7, 11) is 1.73. The summed E-state index contributed by atoms with van der Waals surface area (Å²) in [6.07, 6.45) is 9.40. The van der Waals surface area contributed by atoms with Gasteiger partial charge in [0.1, 0.15) is 0 Å². The van der Waals surface area contributed by atoms with Crippen LogP contribution >= 0.6 is 0 Å². The highest BCUT2D eigenvalue weighted by molar-refractivity contribution is 6.01. The van der Waals surface area contributed by atoms with Crippen LogP contribution < -0.4 is 16.0 Å². The van der Waals surface area contributed by atoms with Gasteiger partial charge in [-0.1, -0.05) is 32.1 Å². The quantitative estimate of drug-likeness (QED) is 0.283. The molecule has 0 aromatic rings. The van der Waals surface area contributed by atoms with E-state index in [2.05, 4.69) is 20.9 Å². The van der Waals surface area contributed by atoms with Crippen LogP contribution in [0.3, 0.4) is 0 Å². The van der Waals surface area contributed by atoms with E-state index in [-0.39, 0.29) is 18.5 Å². The molecule has 0 radical (unpaired) electrons. The lowest BCUT2D eigenvalue weighted by molar-refractivity contribution is -0.124. The average molecular weight is 323 g/mol. The number of urea groups is 1. The number of imide groups is 1. The van der Waals surface area contributed by atoms with E-state index in [0.29, 0.717) is 13.1 Å². The van der Waals surface area contributed by atoms with Crippen LogP contribution in [0.4, 0.5) is 4.79 Å². The lowest BCUT2D eigenvalue weighted by atomic mass is 9.86. The smallest absolute Gasteiger partial charge is 0.324 e. The predicted octanol–water partition coefficient (Wildman–Crippen LogP) is 1.06. The lowest BCUT2D eigenvalue weighted by Gasteiger charge is -2.21. The second kappa shape index (κ2) is 9.37. The van der Waals surface area contributed by atoms with Gasteiger partial charge in [0.25, 0.3) is 0 Å². The average Bonchev–Trinajstić information content (AvgIpc) is 2.89. The van der Waals surface area contributed by atoms with Gasteiger partial charge in [0, 0.05) is 26.7 Å². The fourth-order valence-electron chi connectivity index (χ4n) is 3.26. The van der Waals surface area contributed by atoms with Crippen molar-refractivity contribution in [3.63, 3.8) is 0 Å². The van der Waals surface area contributed by atoms with Crippen molar-refractivity contribution in [3.05, 3.63) is 0 Å². The van der Waals surface area contributed by atoms with Gasteiger partial charge < -0.3 is 16.0 Å². The molecule has 1 saturated carbocycles. The van der Waals surface area contributed by atoms with E-state index >= 15 is 0 Å². The molecule has 0 atom stereocenters. The molecular weight excluding hydrogens is 294 g/mol. The Morgan fingerprint density at radius 3 is 2.61 bits per heavy atom. The van der Waals surface area contributed by atoms with E-state index in [1.54, 1.807) is 7.05 Å². The van der Waals surface area contributed by atoms with Crippen molar-refractivity contribution < 1.29 is 9.59 Å². The topological polar surface area (TPSA) is 85.8 Å². The zero-order chi connectivity index (χ0) is 16.5. The van der Waals surface area contributed by atoms with E-state index in [4.69, 9.17) is 0 Å².